The Morgan fingerprint density at radius 1 is 1.46 bits per heavy atom. The van der Waals surface area contributed by atoms with E-state index in [0.29, 0.717) is 11.5 Å². The second-order valence-corrected chi connectivity index (χ2v) is 2.46. The number of hydrogen-bond acceptors (Lipinski definition) is 4. The van der Waals surface area contributed by atoms with Gasteiger partial charge in [0.25, 0.3) is 5.91 Å². The molecule has 1 aromatic heterocycles. The zero-order valence-electron chi connectivity index (χ0n) is 6.60. The van der Waals surface area contributed by atoms with E-state index in [1.165, 1.54) is 12.3 Å². The van der Waals surface area contributed by atoms with Crippen molar-refractivity contribution in [3.63, 3.8) is 0 Å². The highest BCUT2D eigenvalue weighted by Gasteiger charge is 2.21. The third-order valence-corrected chi connectivity index (χ3v) is 1.56. The molecule has 0 spiro atoms. The molecule has 5 heteroatoms. The van der Waals surface area contributed by atoms with E-state index in [-0.39, 0.29) is 6.04 Å². The fourth-order valence-corrected chi connectivity index (χ4v) is 0.960. The number of carbonyl (C=O) groups excluding carboxylic acids is 1. The lowest BCUT2D eigenvalue weighted by Crippen LogP contribution is -2.16. The van der Waals surface area contributed by atoms with E-state index in [9.17, 15) is 4.79 Å². The number of nitrogens with two attached hydrogens (primary N) is 1. The number of furan rings is 1. The summed E-state index contributed by atoms with van der Waals surface area (Å²) in [5.74, 6) is -0.0229. The van der Waals surface area contributed by atoms with Gasteiger partial charge in [0.15, 0.2) is 5.76 Å². The van der Waals surface area contributed by atoms with Crippen LogP contribution in [0.4, 0.5) is 0 Å². The van der Waals surface area contributed by atoms with E-state index in [1.54, 1.807) is 12.1 Å². The summed E-state index contributed by atoms with van der Waals surface area (Å²) in [6.45, 7) is 0. The van der Waals surface area contributed by atoms with Crippen molar-refractivity contribution in [3.05, 3.63) is 36.3 Å². The molecule has 1 radical (unpaired) electrons. The number of amides is 1. The normalized spacial score (nSPS) is 16.2. The van der Waals surface area contributed by atoms with Gasteiger partial charge in [-0.15, -0.1) is 0 Å². The molecule has 0 saturated heterocycles. The second-order valence-electron chi connectivity index (χ2n) is 2.46. The molecular weight excluding hydrogens is 170 g/mol. The summed E-state index contributed by atoms with van der Waals surface area (Å²) in [7, 11) is 0. The molecule has 2 heterocycles. The molecule has 0 aromatic carbocycles. The molecule has 13 heavy (non-hydrogen) atoms. The van der Waals surface area contributed by atoms with Gasteiger partial charge in [-0.2, -0.15) is 10.2 Å². The third kappa shape index (κ3) is 1.35. The molecule has 0 bridgehead atoms. The molecule has 5 nitrogen and oxygen atoms in total. The monoisotopic (exact) mass is 176 g/mol. The maximum Gasteiger partial charge on any atom is 0.254 e. The Bertz CT molecular complexity index is 378. The van der Waals surface area contributed by atoms with E-state index < -0.39 is 5.91 Å². The summed E-state index contributed by atoms with van der Waals surface area (Å²) in [4.78, 5) is 10.7. The molecule has 1 amide bonds. The average Bonchev–Trinajstić information content (AvgIpc) is 2.75. The fourth-order valence-electron chi connectivity index (χ4n) is 0.960. The van der Waals surface area contributed by atoms with Gasteiger partial charge in [-0.3, -0.25) is 4.79 Å². The summed E-state index contributed by atoms with van der Waals surface area (Å²) < 4.78 is 5.06. The average molecular weight is 176 g/mol. The molecule has 1 aromatic rings. The molecular formula is C8H6N3O2. The Hall–Kier alpha value is -1.91. The lowest BCUT2D eigenvalue weighted by atomic mass is 10.2. The van der Waals surface area contributed by atoms with Crippen molar-refractivity contribution < 1.29 is 9.21 Å². The highest BCUT2D eigenvalue weighted by atomic mass is 16.3. The topological polar surface area (TPSA) is 81.0 Å². The minimum Gasteiger partial charge on any atom is -0.463 e. The van der Waals surface area contributed by atoms with Crippen LogP contribution in [0.25, 0.3) is 5.70 Å². The van der Waals surface area contributed by atoms with Crippen molar-refractivity contribution in [3.8, 4) is 0 Å². The summed E-state index contributed by atoms with van der Waals surface area (Å²) in [6, 6.07) is 3.61. The van der Waals surface area contributed by atoms with Gasteiger partial charge in [-0.1, -0.05) is 0 Å². The van der Waals surface area contributed by atoms with E-state index in [1.807, 2.05) is 0 Å². The van der Waals surface area contributed by atoms with E-state index in [4.69, 9.17) is 10.2 Å². The number of carbonyl (C=O) groups is 1. The third-order valence-electron chi connectivity index (χ3n) is 1.56. The molecule has 0 unspecified atom stereocenters. The number of nitrogens with zero attached hydrogens (tertiary/aromatic N) is 2. The summed E-state index contributed by atoms with van der Waals surface area (Å²) in [6.07, 6.45) is 3.01. The highest BCUT2D eigenvalue weighted by Crippen LogP contribution is 2.26. The van der Waals surface area contributed by atoms with Crippen LogP contribution < -0.4 is 5.73 Å². The number of azo groups is 1. The van der Waals surface area contributed by atoms with Crippen LogP contribution in [-0.2, 0) is 4.79 Å². The fraction of sp³-hybridized carbons (Fsp3) is 0. The molecule has 0 fully saturated rings. The van der Waals surface area contributed by atoms with Crippen molar-refractivity contribution in [1.82, 2.24) is 0 Å². The zero-order valence-corrected chi connectivity index (χ0v) is 6.60. The highest BCUT2D eigenvalue weighted by molar-refractivity contribution is 5.93. The van der Waals surface area contributed by atoms with Crippen LogP contribution in [0.1, 0.15) is 5.76 Å². The standard InChI is InChI=1S/C8H6N3O2/c9-8(12)6-4-5(10-11-6)7-2-1-3-13-7/h1-4H,(H2,9,12). The van der Waals surface area contributed by atoms with Gasteiger partial charge < -0.3 is 10.2 Å². The largest absolute Gasteiger partial charge is 0.463 e. The van der Waals surface area contributed by atoms with Gasteiger partial charge in [0.2, 0.25) is 6.04 Å². The molecule has 2 rings (SSSR count). The van der Waals surface area contributed by atoms with Crippen molar-refractivity contribution in [2.45, 2.75) is 0 Å². The predicted molar refractivity (Wildman–Crippen MR) is 44.0 cm³/mol. The molecule has 1 aliphatic heterocycles. The molecule has 1 aliphatic rings. The SMILES string of the molecule is NC(=O)[C]1C=C(c2ccco2)N=N1. The van der Waals surface area contributed by atoms with Gasteiger partial charge in [0.05, 0.1) is 6.26 Å². The van der Waals surface area contributed by atoms with Crippen LogP contribution in [0.15, 0.2) is 39.1 Å². The first-order valence-electron chi connectivity index (χ1n) is 3.61. The Kier molecular flexibility index (Phi) is 1.70. The van der Waals surface area contributed by atoms with E-state index >= 15 is 0 Å². The van der Waals surface area contributed by atoms with E-state index in [0.717, 1.165) is 0 Å². The molecule has 0 saturated carbocycles. The number of primary amides is 1. The lowest BCUT2D eigenvalue weighted by Gasteiger charge is -1.90. The van der Waals surface area contributed by atoms with Crippen LogP contribution in [-0.4, -0.2) is 5.91 Å². The van der Waals surface area contributed by atoms with Crippen LogP contribution in [0.5, 0.6) is 0 Å². The van der Waals surface area contributed by atoms with Gasteiger partial charge in [-0.25, -0.2) is 0 Å². The van der Waals surface area contributed by atoms with Gasteiger partial charge in [0, 0.05) is 0 Å². The van der Waals surface area contributed by atoms with Crippen LogP contribution >= 0.6 is 0 Å². The van der Waals surface area contributed by atoms with E-state index in [2.05, 4.69) is 10.2 Å². The van der Waals surface area contributed by atoms with Gasteiger partial charge in [-0.05, 0) is 18.2 Å². The Balaban J connectivity index is 2.26. The predicted octanol–water partition coefficient (Wildman–Crippen LogP) is 1.10. The first kappa shape index (κ1) is 7.72. The Morgan fingerprint density at radius 2 is 2.31 bits per heavy atom. The second kappa shape index (κ2) is 2.85. The lowest BCUT2D eigenvalue weighted by molar-refractivity contribution is -0.115. The smallest absolute Gasteiger partial charge is 0.254 e. The van der Waals surface area contributed by atoms with Gasteiger partial charge in [0.1, 0.15) is 5.70 Å². The van der Waals surface area contributed by atoms with Gasteiger partial charge >= 0.3 is 0 Å². The van der Waals surface area contributed by atoms with Crippen molar-refractivity contribution in [1.29, 1.82) is 0 Å². The van der Waals surface area contributed by atoms with Crippen LogP contribution in [0, 0.1) is 6.04 Å². The minimum absolute atomic E-state index is 0.145. The quantitative estimate of drug-likeness (QED) is 0.732. The maximum atomic E-state index is 10.7. The number of hydrogen-bond donors (Lipinski definition) is 1. The summed E-state index contributed by atoms with van der Waals surface area (Å²) in [5, 5.41) is 7.32. The minimum atomic E-state index is -0.592. The Morgan fingerprint density at radius 3 is 2.85 bits per heavy atom. The summed E-state index contributed by atoms with van der Waals surface area (Å²) >= 11 is 0. The molecule has 0 aliphatic carbocycles. The van der Waals surface area contributed by atoms with Crippen molar-refractivity contribution in [2.24, 2.45) is 16.0 Å². The van der Waals surface area contributed by atoms with Crippen molar-refractivity contribution in [2.75, 3.05) is 0 Å². The number of rotatable bonds is 2. The molecule has 2 N–H and O–H groups in total. The van der Waals surface area contributed by atoms with Crippen LogP contribution in [0.3, 0.4) is 0 Å². The summed E-state index contributed by atoms with van der Waals surface area (Å²) in [5.41, 5.74) is 5.52. The van der Waals surface area contributed by atoms with Crippen molar-refractivity contribution >= 4 is 11.6 Å². The first-order valence-corrected chi connectivity index (χ1v) is 3.61. The molecule has 65 valence electrons. The Labute approximate surface area is 73.9 Å². The maximum absolute atomic E-state index is 10.7. The zero-order chi connectivity index (χ0) is 9.26. The van der Waals surface area contributed by atoms with Crippen LogP contribution in [0.2, 0.25) is 0 Å². The molecule has 0 atom stereocenters. The first-order chi connectivity index (χ1) is 6.27.